The van der Waals surface area contributed by atoms with Crippen LogP contribution in [0.1, 0.15) is 36.0 Å². The van der Waals surface area contributed by atoms with Gasteiger partial charge in [-0.05, 0) is 63.2 Å². The predicted molar refractivity (Wildman–Crippen MR) is 76.8 cm³/mol. The number of hydrogen-bond donors (Lipinski definition) is 1. The van der Waals surface area contributed by atoms with Crippen molar-refractivity contribution < 1.29 is 19.1 Å². The number of carbonyl (C=O) groups is 2. The fraction of sp³-hybridized carbons (Fsp3) is 0.500. The van der Waals surface area contributed by atoms with E-state index in [0.717, 1.165) is 26.1 Å². The average Bonchev–Trinajstić information content (AvgIpc) is 2.48. The second-order valence-electron chi connectivity index (χ2n) is 5.49. The Labute approximate surface area is 123 Å². The first-order valence-electron chi connectivity index (χ1n) is 7.30. The van der Waals surface area contributed by atoms with Crippen molar-refractivity contribution in [1.82, 2.24) is 4.90 Å². The molecule has 0 saturated carbocycles. The number of carboxylic acids is 1. The lowest BCUT2D eigenvalue weighted by atomic mass is 9.97. The van der Waals surface area contributed by atoms with Crippen molar-refractivity contribution in [2.45, 2.75) is 25.7 Å². The van der Waals surface area contributed by atoms with Gasteiger partial charge in [-0.15, -0.1) is 0 Å². The number of hydrogen-bond acceptors (Lipinski definition) is 3. The van der Waals surface area contributed by atoms with Gasteiger partial charge in [0.05, 0.1) is 5.92 Å². The Kier molecular flexibility index (Phi) is 5.44. The number of aliphatic carboxylic acids is 1. The highest BCUT2D eigenvalue weighted by Gasteiger charge is 2.24. The van der Waals surface area contributed by atoms with E-state index in [1.807, 2.05) is 0 Å². The molecule has 1 aliphatic heterocycles. The lowest BCUT2D eigenvalue weighted by molar-refractivity contribution is -0.143. The van der Waals surface area contributed by atoms with E-state index in [2.05, 4.69) is 4.90 Å². The summed E-state index contributed by atoms with van der Waals surface area (Å²) in [6, 6.07) is 5.61. The minimum Gasteiger partial charge on any atom is -0.481 e. The summed E-state index contributed by atoms with van der Waals surface area (Å²) >= 11 is 0. The highest BCUT2D eigenvalue weighted by atomic mass is 19.1. The fourth-order valence-corrected chi connectivity index (χ4v) is 2.65. The molecule has 0 atom stereocenters. The number of halogens is 1. The first kappa shape index (κ1) is 15.6. The zero-order chi connectivity index (χ0) is 15.2. The lowest BCUT2D eigenvalue weighted by Gasteiger charge is -2.29. The number of carboxylic acid groups (broad SMARTS) is 1. The van der Waals surface area contributed by atoms with Crippen molar-refractivity contribution in [3.05, 3.63) is 35.6 Å². The Morgan fingerprint density at radius 1 is 1.19 bits per heavy atom. The van der Waals surface area contributed by atoms with Crippen LogP contribution in [0.4, 0.5) is 4.39 Å². The van der Waals surface area contributed by atoms with Crippen LogP contribution in [0.3, 0.4) is 0 Å². The van der Waals surface area contributed by atoms with E-state index in [0.29, 0.717) is 24.8 Å². The molecule has 1 aromatic rings. The summed E-state index contributed by atoms with van der Waals surface area (Å²) in [4.78, 5) is 25.0. The number of likely N-dealkylation sites (tertiary alicyclic amines) is 1. The molecular formula is C16H20FNO3. The van der Waals surface area contributed by atoms with Crippen LogP contribution in [-0.2, 0) is 4.79 Å². The molecule has 1 saturated heterocycles. The van der Waals surface area contributed by atoms with Crippen LogP contribution in [0.25, 0.3) is 0 Å². The van der Waals surface area contributed by atoms with Gasteiger partial charge in [-0.25, -0.2) is 4.39 Å². The lowest BCUT2D eigenvalue weighted by Crippen LogP contribution is -2.36. The van der Waals surface area contributed by atoms with Crippen molar-refractivity contribution in [1.29, 1.82) is 0 Å². The van der Waals surface area contributed by atoms with Crippen molar-refractivity contribution in [2.24, 2.45) is 5.92 Å². The molecule has 1 aromatic carbocycles. The Morgan fingerprint density at radius 2 is 1.81 bits per heavy atom. The van der Waals surface area contributed by atoms with Crippen molar-refractivity contribution in [3.63, 3.8) is 0 Å². The molecule has 2 rings (SSSR count). The third-order valence-corrected chi connectivity index (χ3v) is 3.98. The number of benzene rings is 1. The van der Waals surface area contributed by atoms with Gasteiger partial charge in [-0.3, -0.25) is 9.59 Å². The van der Waals surface area contributed by atoms with Gasteiger partial charge in [0.2, 0.25) is 0 Å². The van der Waals surface area contributed by atoms with E-state index in [4.69, 9.17) is 5.11 Å². The van der Waals surface area contributed by atoms with Crippen molar-refractivity contribution >= 4 is 11.8 Å². The summed E-state index contributed by atoms with van der Waals surface area (Å²) in [5.41, 5.74) is 0.543. The monoisotopic (exact) mass is 293 g/mol. The van der Waals surface area contributed by atoms with Gasteiger partial charge in [0.1, 0.15) is 5.82 Å². The van der Waals surface area contributed by atoms with E-state index in [1.165, 1.54) is 24.3 Å². The van der Waals surface area contributed by atoms with E-state index in [-0.39, 0.29) is 17.5 Å². The molecule has 4 nitrogen and oxygen atoms in total. The number of nitrogens with zero attached hydrogens (tertiary/aromatic N) is 1. The molecule has 0 aromatic heterocycles. The molecule has 0 bridgehead atoms. The SMILES string of the molecule is O=C(CCCN1CCC(C(=O)O)CC1)c1ccc(F)cc1. The van der Waals surface area contributed by atoms with Gasteiger partial charge < -0.3 is 10.0 Å². The van der Waals surface area contributed by atoms with E-state index in [1.54, 1.807) is 0 Å². The zero-order valence-electron chi connectivity index (χ0n) is 11.9. The summed E-state index contributed by atoms with van der Waals surface area (Å²) in [6.45, 7) is 2.36. The smallest absolute Gasteiger partial charge is 0.306 e. The maximum absolute atomic E-state index is 12.8. The van der Waals surface area contributed by atoms with E-state index in [9.17, 15) is 14.0 Å². The Morgan fingerprint density at radius 3 is 2.38 bits per heavy atom. The van der Waals surface area contributed by atoms with Gasteiger partial charge >= 0.3 is 5.97 Å². The number of ketones is 1. The first-order chi connectivity index (χ1) is 10.1. The van der Waals surface area contributed by atoms with Gasteiger partial charge in [0.25, 0.3) is 0 Å². The summed E-state index contributed by atoms with van der Waals surface area (Å²) < 4.78 is 12.8. The highest BCUT2D eigenvalue weighted by molar-refractivity contribution is 5.95. The third-order valence-electron chi connectivity index (χ3n) is 3.98. The summed E-state index contributed by atoms with van der Waals surface area (Å²) in [7, 11) is 0. The molecule has 1 fully saturated rings. The van der Waals surface area contributed by atoms with Gasteiger partial charge in [0, 0.05) is 12.0 Å². The standard InChI is InChI=1S/C16H20FNO3/c17-14-5-3-12(4-6-14)15(19)2-1-9-18-10-7-13(8-11-18)16(20)21/h3-6,13H,1-2,7-11H2,(H,20,21). The molecule has 5 heteroatoms. The topological polar surface area (TPSA) is 57.6 Å². The predicted octanol–water partition coefficient (Wildman–Crippen LogP) is 2.59. The number of rotatable bonds is 6. The fourth-order valence-electron chi connectivity index (χ4n) is 2.65. The number of piperidine rings is 1. The van der Waals surface area contributed by atoms with E-state index >= 15 is 0 Å². The molecule has 0 radical (unpaired) electrons. The highest BCUT2D eigenvalue weighted by Crippen LogP contribution is 2.17. The molecule has 0 spiro atoms. The first-order valence-corrected chi connectivity index (χ1v) is 7.30. The Hall–Kier alpha value is -1.75. The normalized spacial score (nSPS) is 16.8. The van der Waals surface area contributed by atoms with Crippen LogP contribution in [0.15, 0.2) is 24.3 Å². The molecule has 0 unspecified atom stereocenters. The second kappa shape index (κ2) is 7.31. The third kappa shape index (κ3) is 4.63. The molecule has 21 heavy (non-hydrogen) atoms. The maximum atomic E-state index is 12.8. The number of Topliss-reactive ketones (excluding diaryl/α,β-unsaturated/α-hetero) is 1. The van der Waals surface area contributed by atoms with Crippen LogP contribution >= 0.6 is 0 Å². The van der Waals surface area contributed by atoms with Crippen molar-refractivity contribution in [3.8, 4) is 0 Å². The Bertz CT molecular complexity index is 493. The minimum absolute atomic E-state index is 0.0235. The van der Waals surface area contributed by atoms with Crippen LogP contribution in [0.2, 0.25) is 0 Å². The van der Waals surface area contributed by atoms with Crippen LogP contribution in [0.5, 0.6) is 0 Å². The molecule has 1 heterocycles. The largest absolute Gasteiger partial charge is 0.481 e. The van der Waals surface area contributed by atoms with Gasteiger partial charge in [0.15, 0.2) is 5.78 Å². The molecule has 0 amide bonds. The number of carbonyl (C=O) groups excluding carboxylic acids is 1. The molecule has 0 aliphatic carbocycles. The summed E-state index contributed by atoms with van der Waals surface area (Å²) in [5, 5.41) is 8.93. The van der Waals surface area contributed by atoms with E-state index < -0.39 is 5.97 Å². The molecule has 114 valence electrons. The summed E-state index contributed by atoms with van der Waals surface area (Å²) in [5.74, 6) is -1.24. The molecule has 1 aliphatic rings. The quantitative estimate of drug-likeness (QED) is 0.819. The van der Waals surface area contributed by atoms with Gasteiger partial charge in [-0.1, -0.05) is 0 Å². The van der Waals surface area contributed by atoms with Crippen LogP contribution in [0, 0.1) is 11.7 Å². The average molecular weight is 293 g/mol. The van der Waals surface area contributed by atoms with Crippen LogP contribution in [-0.4, -0.2) is 41.4 Å². The molecular weight excluding hydrogens is 273 g/mol. The Balaban J connectivity index is 1.69. The van der Waals surface area contributed by atoms with Crippen LogP contribution < -0.4 is 0 Å². The van der Waals surface area contributed by atoms with Gasteiger partial charge in [-0.2, -0.15) is 0 Å². The van der Waals surface area contributed by atoms with Crippen molar-refractivity contribution in [2.75, 3.05) is 19.6 Å². The minimum atomic E-state index is -0.707. The second-order valence-corrected chi connectivity index (χ2v) is 5.49. The molecule has 1 N–H and O–H groups in total. The maximum Gasteiger partial charge on any atom is 0.306 e. The zero-order valence-corrected chi connectivity index (χ0v) is 11.9. The summed E-state index contributed by atoms with van der Waals surface area (Å²) in [6.07, 6.45) is 2.54.